The Morgan fingerprint density at radius 2 is 1.95 bits per heavy atom. The first kappa shape index (κ1) is 16.7. The van der Waals surface area contributed by atoms with Crippen molar-refractivity contribution in [1.29, 1.82) is 0 Å². The minimum absolute atomic E-state index is 0.261. The summed E-state index contributed by atoms with van der Waals surface area (Å²) in [7, 11) is -3.19. The van der Waals surface area contributed by atoms with E-state index in [9.17, 15) is 9.36 Å². The second-order valence-corrected chi connectivity index (χ2v) is 6.66. The number of carbonyl (C=O) groups is 1. The lowest BCUT2D eigenvalue weighted by Gasteiger charge is -2.21. The summed E-state index contributed by atoms with van der Waals surface area (Å²) >= 11 is 0. The van der Waals surface area contributed by atoms with Gasteiger partial charge in [0, 0.05) is 6.66 Å². The maximum absolute atomic E-state index is 12.3. The molecule has 20 heavy (non-hydrogen) atoms. The van der Waals surface area contributed by atoms with Crippen molar-refractivity contribution >= 4 is 13.5 Å². The van der Waals surface area contributed by atoms with Gasteiger partial charge in [-0.2, -0.15) is 0 Å². The zero-order valence-electron chi connectivity index (χ0n) is 11.8. The molecule has 0 saturated carbocycles. The average molecular weight is 301 g/mol. The normalized spacial score (nSPS) is 16.8. The molecule has 0 amide bonds. The maximum Gasteiger partial charge on any atom is 0.323 e. The molecule has 1 rings (SSSR count). The third kappa shape index (κ3) is 5.74. The number of hydrogen-bond donors (Lipinski definition) is 2. The van der Waals surface area contributed by atoms with E-state index in [0.717, 1.165) is 0 Å². The molecule has 2 unspecified atom stereocenters. The molecule has 1 aromatic carbocycles. The molecule has 0 spiro atoms. The Bertz CT molecular complexity index is 479. The highest BCUT2D eigenvalue weighted by molar-refractivity contribution is 7.56. The Hall–Kier alpha value is -1.36. The van der Waals surface area contributed by atoms with Gasteiger partial charge in [-0.25, -0.2) is 5.09 Å². The number of carbonyl (C=O) groups excluding carboxylic acids is 1. The van der Waals surface area contributed by atoms with E-state index in [1.54, 1.807) is 31.2 Å². The summed E-state index contributed by atoms with van der Waals surface area (Å²) < 4.78 is 22.5. The van der Waals surface area contributed by atoms with Gasteiger partial charge in [0.15, 0.2) is 0 Å². The summed E-state index contributed by atoms with van der Waals surface area (Å²) in [6.45, 7) is 4.22. The minimum atomic E-state index is -3.19. The van der Waals surface area contributed by atoms with Gasteiger partial charge in [0.1, 0.15) is 17.9 Å². The van der Waals surface area contributed by atoms with E-state index in [2.05, 4.69) is 5.09 Å². The monoisotopic (exact) mass is 301 g/mol. The quantitative estimate of drug-likeness (QED) is 0.590. The lowest BCUT2D eigenvalue weighted by molar-refractivity contribution is -0.151. The molecule has 0 aliphatic carbocycles. The van der Waals surface area contributed by atoms with Crippen LogP contribution in [0.5, 0.6) is 5.75 Å². The van der Waals surface area contributed by atoms with Crippen molar-refractivity contribution < 1.29 is 23.7 Å². The first-order valence-corrected chi connectivity index (χ1v) is 8.32. The number of rotatable bonds is 7. The van der Waals surface area contributed by atoms with E-state index in [4.69, 9.17) is 14.4 Å². The highest BCUT2D eigenvalue weighted by Crippen LogP contribution is 2.39. The van der Waals surface area contributed by atoms with Gasteiger partial charge in [-0.15, -0.1) is 0 Å². The van der Waals surface area contributed by atoms with E-state index < -0.39 is 25.6 Å². The SMILES string of the molecule is CC(CO)OC(=O)[C@H](C)NP(C)(=O)Oc1ccccc1. The van der Waals surface area contributed by atoms with Crippen molar-refractivity contribution in [2.75, 3.05) is 13.3 Å². The van der Waals surface area contributed by atoms with Crippen LogP contribution in [0.3, 0.4) is 0 Å². The molecule has 0 aliphatic rings. The highest BCUT2D eigenvalue weighted by Gasteiger charge is 2.26. The van der Waals surface area contributed by atoms with Crippen LogP contribution >= 0.6 is 7.52 Å². The fourth-order valence-corrected chi connectivity index (χ4v) is 2.84. The number of aliphatic hydroxyl groups is 1. The third-order valence-corrected chi connectivity index (χ3v) is 3.79. The fourth-order valence-electron chi connectivity index (χ4n) is 1.45. The highest BCUT2D eigenvalue weighted by atomic mass is 31.2. The number of para-hydroxylation sites is 1. The van der Waals surface area contributed by atoms with E-state index in [1.165, 1.54) is 13.6 Å². The van der Waals surface area contributed by atoms with Gasteiger partial charge in [-0.3, -0.25) is 9.36 Å². The number of aliphatic hydroxyl groups excluding tert-OH is 1. The Morgan fingerprint density at radius 1 is 1.35 bits per heavy atom. The van der Waals surface area contributed by atoms with Gasteiger partial charge in [0.05, 0.1) is 6.61 Å². The van der Waals surface area contributed by atoms with E-state index in [0.29, 0.717) is 5.75 Å². The Morgan fingerprint density at radius 3 is 2.50 bits per heavy atom. The van der Waals surface area contributed by atoms with E-state index in [-0.39, 0.29) is 6.61 Å². The van der Waals surface area contributed by atoms with Crippen molar-refractivity contribution in [2.45, 2.75) is 26.0 Å². The van der Waals surface area contributed by atoms with Crippen LogP contribution in [0.4, 0.5) is 0 Å². The Kier molecular flexibility index (Phi) is 6.20. The molecule has 6 nitrogen and oxygen atoms in total. The van der Waals surface area contributed by atoms with Gasteiger partial charge in [-0.05, 0) is 26.0 Å². The van der Waals surface area contributed by atoms with E-state index >= 15 is 0 Å². The second-order valence-electron chi connectivity index (χ2n) is 4.53. The molecule has 0 fully saturated rings. The van der Waals surface area contributed by atoms with Gasteiger partial charge < -0.3 is 14.4 Å². The zero-order valence-corrected chi connectivity index (χ0v) is 12.7. The molecule has 0 heterocycles. The van der Waals surface area contributed by atoms with Crippen molar-refractivity contribution in [1.82, 2.24) is 5.09 Å². The molecular formula is C13H20NO5P. The standard InChI is InChI=1S/C13H20NO5P/c1-10(9-15)18-13(16)11(2)14-20(3,17)19-12-7-5-4-6-8-12/h4-8,10-11,15H,9H2,1-3H3,(H,14,17)/t10?,11-,20?/m0/s1. The third-order valence-electron chi connectivity index (χ3n) is 2.38. The Balaban J connectivity index is 2.57. The van der Waals surface area contributed by atoms with Crippen LogP contribution in [0.15, 0.2) is 30.3 Å². The number of nitrogens with one attached hydrogen (secondary N) is 1. The summed E-state index contributed by atoms with van der Waals surface area (Å²) in [5.74, 6) is -0.139. The van der Waals surface area contributed by atoms with Gasteiger partial charge in [0.2, 0.25) is 0 Å². The fraction of sp³-hybridized carbons (Fsp3) is 0.462. The second kappa shape index (κ2) is 7.43. The Labute approximate surface area is 118 Å². The summed E-state index contributed by atoms with van der Waals surface area (Å²) in [6, 6.07) is 7.88. The predicted octanol–water partition coefficient (Wildman–Crippen LogP) is 1.79. The van der Waals surface area contributed by atoms with Crippen LogP contribution in [0.2, 0.25) is 0 Å². The van der Waals surface area contributed by atoms with Crippen LogP contribution in [-0.4, -0.2) is 36.5 Å². The number of hydrogen-bond acceptors (Lipinski definition) is 5. The first-order chi connectivity index (χ1) is 9.34. The average Bonchev–Trinajstić information content (AvgIpc) is 2.38. The summed E-state index contributed by atoms with van der Waals surface area (Å²) in [4.78, 5) is 11.7. The van der Waals surface area contributed by atoms with Crippen molar-refractivity contribution in [2.24, 2.45) is 0 Å². The molecule has 3 atom stereocenters. The van der Waals surface area contributed by atoms with Crippen molar-refractivity contribution in [3.05, 3.63) is 30.3 Å². The molecule has 0 bridgehead atoms. The summed E-state index contributed by atoms with van der Waals surface area (Å²) in [6.07, 6.45) is -0.599. The number of benzene rings is 1. The first-order valence-electron chi connectivity index (χ1n) is 6.25. The maximum atomic E-state index is 12.3. The van der Waals surface area contributed by atoms with Crippen LogP contribution in [-0.2, 0) is 14.1 Å². The topological polar surface area (TPSA) is 84.9 Å². The molecule has 0 radical (unpaired) electrons. The zero-order chi connectivity index (χ0) is 15.2. The number of esters is 1. The predicted molar refractivity (Wildman–Crippen MR) is 75.8 cm³/mol. The minimum Gasteiger partial charge on any atom is -0.459 e. The summed E-state index contributed by atoms with van der Waals surface area (Å²) in [5, 5.41) is 11.4. The molecule has 112 valence electrons. The van der Waals surface area contributed by atoms with Gasteiger partial charge in [-0.1, -0.05) is 18.2 Å². The molecule has 2 N–H and O–H groups in total. The molecule has 0 saturated heterocycles. The molecular weight excluding hydrogens is 281 g/mol. The van der Waals surface area contributed by atoms with E-state index in [1.807, 2.05) is 6.07 Å². The van der Waals surface area contributed by atoms with Gasteiger partial charge in [0.25, 0.3) is 0 Å². The lowest BCUT2D eigenvalue weighted by atomic mass is 10.3. The lowest BCUT2D eigenvalue weighted by Crippen LogP contribution is -2.36. The molecule has 0 aromatic heterocycles. The van der Waals surface area contributed by atoms with Crippen LogP contribution < -0.4 is 9.61 Å². The smallest absolute Gasteiger partial charge is 0.323 e. The van der Waals surface area contributed by atoms with Crippen molar-refractivity contribution in [3.63, 3.8) is 0 Å². The summed E-state index contributed by atoms with van der Waals surface area (Å²) in [5.41, 5.74) is 0. The van der Waals surface area contributed by atoms with Crippen molar-refractivity contribution in [3.8, 4) is 5.75 Å². The van der Waals surface area contributed by atoms with Crippen LogP contribution in [0, 0.1) is 0 Å². The van der Waals surface area contributed by atoms with Gasteiger partial charge >= 0.3 is 13.5 Å². The largest absolute Gasteiger partial charge is 0.459 e. The molecule has 0 aliphatic heterocycles. The van der Waals surface area contributed by atoms with Crippen LogP contribution in [0.25, 0.3) is 0 Å². The van der Waals surface area contributed by atoms with Crippen LogP contribution in [0.1, 0.15) is 13.8 Å². The molecule has 7 heteroatoms. The number of ether oxygens (including phenoxy) is 1. The molecule has 1 aromatic rings.